The number of piperidine rings is 1. The van der Waals surface area contributed by atoms with Crippen LogP contribution in [0.3, 0.4) is 0 Å². The lowest BCUT2D eigenvalue weighted by molar-refractivity contribution is -0.149. The molecule has 1 aromatic heterocycles. The molecule has 1 fully saturated rings. The van der Waals surface area contributed by atoms with Gasteiger partial charge in [0, 0.05) is 37.3 Å². The molecule has 5 nitrogen and oxygen atoms in total. The summed E-state index contributed by atoms with van der Waals surface area (Å²) in [6.45, 7) is 3.13. The Balaban J connectivity index is 1.66. The lowest BCUT2D eigenvalue weighted by atomic mass is 9.90. The van der Waals surface area contributed by atoms with Gasteiger partial charge in [0.25, 0.3) is 0 Å². The number of nitrogens with zero attached hydrogens (tertiary/aromatic N) is 2. The number of rotatable bonds is 4. The van der Waals surface area contributed by atoms with E-state index in [9.17, 15) is 14.7 Å². The number of aliphatic carboxylic acids is 1. The fourth-order valence-corrected chi connectivity index (χ4v) is 3.52. The van der Waals surface area contributed by atoms with Gasteiger partial charge < -0.3 is 14.6 Å². The molecule has 2 heterocycles. The van der Waals surface area contributed by atoms with E-state index in [0.29, 0.717) is 25.9 Å². The maximum atomic E-state index is 12.5. The van der Waals surface area contributed by atoms with Crippen LogP contribution in [0.25, 0.3) is 10.9 Å². The molecular weight excluding hydrogens is 292 g/mol. The number of carboxylic acid groups (broad SMARTS) is 1. The predicted molar refractivity (Wildman–Crippen MR) is 88.1 cm³/mol. The van der Waals surface area contributed by atoms with Crippen LogP contribution in [0.1, 0.15) is 26.2 Å². The number of hydrogen-bond donors (Lipinski definition) is 1. The zero-order valence-corrected chi connectivity index (χ0v) is 13.3. The molecule has 1 saturated heterocycles. The summed E-state index contributed by atoms with van der Waals surface area (Å²) < 4.78 is 2.08. The molecule has 1 aliphatic rings. The van der Waals surface area contributed by atoms with Crippen LogP contribution in [0.2, 0.25) is 0 Å². The van der Waals surface area contributed by atoms with Gasteiger partial charge in [-0.1, -0.05) is 18.2 Å². The van der Waals surface area contributed by atoms with E-state index in [2.05, 4.69) is 10.6 Å². The molecule has 0 bridgehead atoms. The highest BCUT2D eigenvalue weighted by atomic mass is 16.4. The first-order chi connectivity index (χ1) is 11.1. The van der Waals surface area contributed by atoms with E-state index in [-0.39, 0.29) is 11.9 Å². The second kappa shape index (κ2) is 6.44. The fourth-order valence-electron chi connectivity index (χ4n) is 3.52. The minimum absolute atomic E-state index is 0.0428. The van der Waals surface area contributed by atoms with Crippen LogP contribution in [-0.2, 0) is 16.1 Å². The number of benzene rings is 1. The predicted octanol–water partition coefficient (Wildman–Crippen LogP) is 2.74. The van der Waals surface area contributed by atoms with Gasteiger partial charge >= 0.3 is 5.97 Å². The van der Waals surface area contributed by atoms with Crippen molar-refractivity contribution in [3.63, 3.8) is 0 Å². The molecule has 122 valence electrons. The second-order valence-electron chi connectivity index (χ2n) is 6.23. The van der Waals surface area contributed by atoms with E-state index in [0.717, 1.165) is 17.3 Å². The first-order valence-corrected chi connectivity index (χ1v) is 8.14. The Morgan fingerprint density at radius 2 is 2.04 bits per heavy atom. The summed E-state index contributed by atoms with van der Waals surface area (Å²) in [5, 5.41) is 10.4. The minimum Gasteiger partial charge on any atom is -0.481 e. The van der Waals surface area contributed by atoms with Crippen LogP contribution < -0.4 is 0 Å². The maximum absolute atomic E-state index is 12.5. The van der Waals surface area contributed by atoms with Gasteiger partial charge in [-0.05, 0) is 37.3 Å². The summed E-state index contributed by atoms with van der Waals surface area (Å²) in [7, 11) is 0. The number of amides is 1. The monoisotopic (exact) mass is 314 g/mol. The number of aryl methyl sites for hydroxylation is 1. The van der Waals surface area contributed by atoms with Crippen molar-refractivity contribution in [2.24, 2.45) is 5.92 Å². The van der Waals surface area contributed by atoms with Crippen LogP contribution in [-0.4, -0.2) is 39.0 Å². The average molecular weight is 314 g/mol. The summed E-state index contributed by atoms with van der Waals surface area (Å²) in [5.74, 6) is -1.20. The lowest BCUT2D eigenvalue weighted by Crippen LogP contribution is -2.49. The zero-order valence-electron chi connectivity index (χ0n) is 13.3. The summed E-state index contributed by atoms with van der Waals surface area (Å²) in [5.41, 5.74) is 1.12. The summed E-state index contributed by atoms with van der Waals surface area (Å²) >= 11 is 0. The van der Waals surface area contributed by atoms with Crippen molar-refractivity contribution in [2.75, 3.05) is 6.54 Å². The van der Waals surface area contributed by atoms with E-state index < -0.39 is 11.9 Å². The Kier molecular flexibility index (Phi) is 4.37. The Bertz CT molecular complexity index is 722. The third kappa shape index (κ3) is 3.09. The Morgan fingerprint density at radius 1 is 1.26 bits per heavy atom. The first kappa shape index (κ1) is 15.6. The third-order valence-electron chi connectivity index (χ3n) is 4.87. The van der Waals surface area contributed by atoms with E-state index in [1.807, 2.05) is 37.4 Å². The second-order valence-corrected chi connectivity index (χ2v) is 6.23. The van der Waals surface area contributed by atoms with Crippen molar-refractivity contribution in [3.05, 3.63) is 36.5 Å². The van der Waals surface area contributed by atoms with Crippen molar-refractivity contribution < 1.29 is 14.7 Å². The zero-order chi connectivity index (χ0) is 16.4. The van der Waals surface area contributed by atoms with Gasteiger partial charge in [0.05, 0.1) is 5.92 Å². The summed E-state index contributed by atoms with van der Waals surface area (Å²) in [4.78, 5) is 25.6. The van der Waals surface area contributed by atoms with Gasteiger partial charge in [-0.15, -0.1) is 0 Å². The molecule has 0 spiro atoms. The molecule has 1 amide bonds. The van der Waals surface area contributed by atoms with Crippen LogP contribution in [0.4, 0.5) is 0 Å². The van der Waals surface area contributed by atoms with Crippen molar-refractivity contribution >= 4 is 22.8 Å². The number of carboxylic acids is 1. The SMILES string of the molecule is C[C@@H]1[C@H](C(=O)O)CCCN1C(=O)CCn1ccc2ccccc21. The molecule has 2 atom stereocenters. The standard InChI is InChI=1S/C18H22N2O3/c1-13-15(18(22)23)6-4-10-20(13)17(21)9-12-19-11-8-14-5-2-3-7-16(14)19/h2-3,5,7-8,11,13,15H,4,6,9-10,12H2,1H3,(H,22,23)/t13-,15-/m1/s1. The molecule has 0 unspecified atom stereocenters. The summed E-state index contributed by atoms with van der Waals surface area (Å²) in [6, 6.07) is 9.91. The fraction of sp³-hybridized carbons (Fsp3) is 0.444. The lowest BCUT2D eigenvalue weighted by Gasteiger charge is -2.37. The number of likely N-dealkylation sites (tertiary alicyclic amines) is 1. The van der Waals surface area contributed by atoms with Gasteiger partial charge in [-0.3, -0.25) is 9.59 Å². The molecule has 1 N–H and O–H groups in total. The smallest absolute Gasteiger partial charge is 0.308 e. The van der Waals surface area contributed by atoms with Crippen LogP contribution in [0.5, 0.6) is 0 Å². The van der Waals surface area contributed by atoms with Gasteiger partial charge in [0.2, 0.25) is 5.91 Å². The van der Waals surface area contributed by atoms with E-state index in [4.69, 9.17) is 0 Å². The van der Waals surface area contributed by atoms with Gasteiger partial charge in [0.15, 0.2) is 0 Å². The topological polar surface area (TPSA) is 62.5 Å². The number of fused-ring (bicyclic) bond motifs is 1. The van der Waals surface area contributed by atoms with Crippen LogP contribution in [0.15, 0.2) is 36.5 Å². The van der Waals surface area contributed by atoms with Crippen LogP contribution >= 0.6 is 0 Å². The molecule has 1 aromatic carbocycles. The number of hydrogen-bond acceptors (Lipinski definition) is 2. The highest BCUT2D eigenvalue weighted by molar-refractivity contribution is 5.81. The highest BCUT2D eigenvalue weighted by Gasteiger charge is 2.34. The number of para-hydroxylation sites is 1. The molecule has 0 radical (unpaired) electrons. The Hall–Kier alpha value is -2.30. The quantitative estimate of drug-likeness (QED) is 0.944. The molecule has 0 aliphatic carbocycles. The molecule has 23 heavy (non-hydrogen) atoms. The van der Waals surface area contributed by atoms with E-state index >= 15 is 0 Å². The third-order valence-corrected chi connectivity index (χ3v) is 4.87. The van der Waals surface area contributed by atoms with Gasteiger partial charge in [-0.2, -0.15) is 0 Å². The van der Waals surface area contributed by atoms with E-state index in [1.165, 1.54) is 0 Å². The maximum Gasteiger partial charge on any atom is 0.308 e. The van der Waals surface area contributed by atoms with Crippen molar-refractivity contribution in [2.45, 2.75) is 38.8 Å². The van der Waals surface area contributed by atoms with Crippen molar-refractivity contribution in [3.8, 4) is 0 Å². The molecule has 0 saturated carbocycles. The first-order valence-electron chi connectivity index (χ1n) is 8.14. The molecule has 3 rings (SSSR count). The van der Waals surface area contributed by atoms with Gasteiger partial charge in [0.1, 0.15) is 0 Å². The molecule has 1 aliphatic heterocycles. The largest absolute Gasteiger partial charge is 0.481 e. The minimum atomic E-state index is -0.800. The molecule has 2 aromatic rings. The van der Waals surface area contributed by atoms with Crippen molar-refractivity contribution in [1.29, 1.82) is 0 Å². The number of carbonyl (C=O) groups excluding carboxylic acids is 1. The highest BCUT2D eigenvalue weighted by Crippen LogP contribution is 2.24. The Labute approximate surface area is 135 Å². The van der Waals surface area contributed by atoms with Crippen molar-refractivity contribution in [1.82, 2.24) is 9.47 Å². The number of carbonyl (C=O) groups is 2. The van der Waals surface area contributed by atoms with Gasteiger partial charge in [-0.25, -0.2) is 0 Å². The van der Waals surface area contributed by atoms with Crippen LogP contribution in [0, 0.1) is 5.92 Å². The Morgan fingerprint density at radius 3 is 2.83 bits per heavy atom. The summed E-state index contributed by atoms with van der Waals surface area (Å²) in [6.07, 6.45) is 3.81. The average Bonchev–Trinajstić information content (AvgIpc) is 2.96. The molecule has 5 heteroatoms. The molecular formula is C18H22N2O3. The van der Waals surface area contributed by atoms with E-state index in [1.54, 1.807) is 4.90 Å². The normalized spacial score (nSPS) is 21.5. The number of aromatic nitrogens is 1.